The Morgan fingerprint density at radius 3 is 2.67 bits per heavy atom. The van der Waals surface area contributed by atoms with Crippen LogP contribution in [0.15, 0.2) is 47.1 Å². The van der Waals surface area contributed by atoms with Crippen molar-refractivity contribution in [3.63, 3.8) is 0 Å². The molecule has 0 radical (unpaired) electrons. The van der Waals surface area contributed by atoms with E-state index < -0.39 is 17.8 Å². The van der Waals surface area contributed by atoms with Gasteiger partial charge < -0.3 is 19.5 Å². The van der Waals surface area contributed by atoms with Crippen molar-refractivity contribution in [1.29, 1.82) is 0 Å². The van der Waals surface area contributed by atoms with E-state index in [9.17, 15) is 19.8 Å². The zero-order valence-corrected chi connectivity index (χ0v) is 18.6. The first-order valence-electron chi connectivity index (χ1n) is 11.8. The summed E-state index contributed by atoms with van der Waals surface area (Å²) >= 11 is 0. The van der Waals surface area contributed by atoms with Crippen molar-refractivity contribution in [1.82, 2.24) is 4.57 Å². The van der Waals surface area contributed by atoms with Crippen LogP contribution in [-0.2, 0) is 14.3 Å². The van der Waals surface area contributed by atoms with E-state index in [4.69, 9.17) is 4.74 Å². The molecule has 0 bridgehead atoms. The first kappa shape index (κ1) is 20.3. The number of carbonyl (C=O) groups is 2. The molecule has 1 aromatic carbocycles. The summed E-state index contributed by atoms with van der Waals surface area (Å²) in [4.78, 5) is 24.8. The summed E-state index contributed by atoms with van der Waals surface area (Å²) in [5, 5.41) is 21.4. The summed E-state index contributed by atoms with van der Waals surface area (Å²) in [6.07, 6.45) is 12.2. The number of allylic oxidation sites excluding steroid dienone is 3. The molecule has 3 aliphatic carbocycles. The number of ether oxygens (including phenoxy) is 1. The Labute approximate surface area is 191 Å². The van der Waals surface area contributed by atoms with Gasteiger partial charge in [0.15, 0.2) is 0 Å². The van der Waals surface area contributed by atoms with E-state index in [1.165, 1.54) is 31.9 Å². The smallest absolute Gasteiger partial charge is 0.315 e. The van der Waals surface area contributed by atoms with Crippen LogP contribution in [0, 0.1) is 11.8 Å². The van der Waals surface area contributed by atoms with Gasteiger partial charge in [-0.05, 0) is 59.6 Å². The molecule has 1 aromatic heterocycles. The number of carboxylic acids is 1. The molecule has 2 fully saturated rings. The van der Waals surface area contributed by atoms with E-state index in [1.807, 2.05) is 30.5 Å². The minimum absolute atomic E-state index is 0.209. The summed E-state index contributed by atoms with van der Waals surface area (Å²) in [5.74, 6) is -1.95. The molecule has 2 N–H and O–H groups in total. The molecule has 2 unspecified atom stereocenters. The number of rotatable bonds is 3. The number of nitrogens with zero attached hydrogens (tertiary/aromatic N) is 1. The van der Waals surface area contributed by atoms with Crippen LogP contribution in [0.25, 0.3) is 17.1 Å². The lowest BCUT2D eigenvalue weighted by atomic mass is 9.77. The third-order valence-corrected chi connectivity index (χ3v) is 7.98. The number of phenolic OH excluding ortho intramolecular Hbond substituents is 1. The zero-order chi connectivity index (χ0) is 22.9. The molecule has 0 spiro atoms. The lowest BCUT2D eigenvalue weighted by molar-refractivity contribution is -0.146. The van der Waals surface area contributed by atoms with Crippen molar-refractivity contribution in [2.45, 2.75) is 50.4 Å². The van der Waals surface area contributed by atoms with Crippen LogP contribution >= 0.6 is 0 Å². The molecule has 170 valence electrons. The van der Waals surface area contributed by atoms with E-state index in [0.717, 1.165) is 46.2 Å². The van der Waals surface area contributed by atoms with Gasteiger partial charge in [0.1, 0.15) is 11.7 Å². The SMILES string of the molecule is COC(=O)[C@@H]1CC=CC2=C3C(=Cn4c(cc5c(O)ccc(C6CCCCC6)c54)C21)C3C(=O)O. The number of aromatic hydroxyl groups is 1. The molecule has 2 heterocycles. The van der Waals surface area contributed by atoms with Gasteiger partial charge in [-0.2, -0.15) is 0 Å². The van der Waals surface area contributed by atoms with E-state index in [0.29, 0.717) is 12.3 Å². The van der Waals surface area contributed by atoms with Crippen molar-refractivity contribution in [2.24, 2.45) is 11.8 Å². The molecule has 3 atom stereocenters. The monoisotopic (exact) mass is 445 g/mol. The van der Waals surface area contributed by atoms with Crippen LogP contribution in [0.1, 0.15) is 61.6 Å². The summed E-state index contributed by atoms with van der Waals surface area (Å²) in [6, 6.07) is 5.80. The van der Waals surface area contributed by atoms with Gasteiger partial charge in [-0.15, -0.1) is 0 Å². The first-order chi connectivity index (χ1) is 16.0. The molecule has 6 rings (SSSR count). The maximum Gasteiger partial charge on any atom is 0.315 e. The largest absolute Gasteiger partial charge is 0.507 e. The fourth-order valence-corrected chi connectivity index (χ4v) is 6.41. The van der Waals surface area contributed by atoms with Gasteiger partial charge >= 0.3 is 11.9 Å². The molecule has 33 heavy (non-hydrogen) atoms. The molecular formula is C27H27NO5. The Morgan fingerprint density at radius 2 is 1.94 bits per heavy atom. The average molecular weight is 446 g/mol. The lowest BCUT2D eigenvalue weighted by Crippen LogP contribution is -2.27. The number of methoxy groups -OCH3 is 1. The van der Waals surface area contributed by atoms with Crippen LogP contribution in [-0.4, -0.2) is 33.8 Å². The molecule has 6 nitrogen and oxygen atoms in total. The Hall–Kier alpha value is -3.28. The van der Waals surface area contributed by atoms with E-state index in [1.54, 1.807) is 6.07 Å². The predicted octanol–water partition coefficient (Wildman–Crippen LogP) is 5.09. The highest BCUT2D eigenvalue weighted by Crippen LogP contribution is 2.57. The third-order valence-electron chi connectivity index (χ3n) is 7.98. The van der Waals surface area contributed by atoms with Crippen molar-refractivity contribution in [3.8, 4) is 5.75 Å². The highest BCUT2D eigenvalue weighted by atomic mass is 16.5. The molecule has 2 aromatic rings. The maximum absolute atomic E-state index is 12.8. The van der Waals surface area contributed by atoms with Gasteiger partial charge in [-0.3, -0.25) is 9.59 Å². The number of esters is 1. The highest BCUT2D eigenvalue weighted by molar-refractivity contribution is 5.98. The predicted molar refractivity (Wildman–Crippen MR) is 124 cm³/mol. The number of fused-ring (bicyclic) bond motifs is 6. The standard InChI is InChI=1S/C27H27NO5/c1-33-27(32)17-9-5-8-16-22(17)20-12-18-21(29)11-10-15(14-6-3-2-4-7-14)25(18)28(20)13-19-23(16)24(19)26(30)31/h5,8,10-14,17,22,24,29H,2-4,6-7,9H2,1H3,(H,30,31)/t17-,22?,24?/m1/s1. The normalized spacial score (nSPS) is 26.2. The Kier molecular flexibility index (Phi) is 4.54. The molecule has 6 heteroatoms. The number of carboxylic acid groups (broad SMARTS) is 1. The average Bonchev–Trinajstić information content (AvgIpc) is 3.46. The van der Waals surface area contributed by atoms with Crippen LogP contribution in [0.4, 0.5) is 0 Å². The number of hydrogen-bond donors (Lipinski definition) is 2. The number of phenols is 1. The van der Waals surface area contributed by atoms with Gasteiger partial charge in [-0.25, -0.2) is 0 Å². The van der Waals surface area contributed by atoms with E-state index in [-0.39, 0.29) is 17.6 Å². The summed E-state index contributed by atoms with van der Waals surface area (Å²) in [6.45, 7) is 0. The van der Waals surface area contributed by atoms with Crippen molar-refractivity contribution in [3.05, 3.63) is 58.3 Å². The summed E-state index contributed by atoms with van der Waals surface area (Å²) in [7, 11) is 1.40. The molecule has 0 amide bonds. The van der Waals surface area contributed by atoms with Crippen LogP contribution in [0.3, 0.4) is 0 Å². The number of hydrogen-bond acceptors (Lipinski definition) is 4. The second-order valence-electron chi connectivity index (χ2n) is 9.68. The fourth-order valence-electron chi connectivity index (χ4n) is 6.41. The number of carbonyl (C=O) groups excluding carboxylic acids is 1. The summed E-state index contributed by atoms with van der Waals surface area (Å²) in [5.41, 5.74) is 5.54. The first-order valence-corrected chi connectivity index (χ1v) is 11.8. The van der Waals surface area contributed by atoms with E-state index >= 15 is 0 Å². The Balaban J connectivity index is 1.64. The van der Waals surface area contributed by atoms with Gasteiger partial charge in [0.05, 0.1) is 18.5 Å². The lowest BCUT2D eigenvalue weighted by Gasteiger charge is -2.29. The minimum atomic E-state index is -0.869. The molecule has 1 aliphatic heterocycles. The van der Waals surface area contributed by atoms with Crippen molar-refractivity contribution in [2.75, 3.05) is 7.11 Å². The number of aromatic nitrogens is 1. The third kappa shape index (κ3) is 2.93. The van der Waals surface area contributed by atoms with Crippen LogP contribution in [0.5, 0.6) is 5.75 Å². The van der Waals surface area contributed by atoms with Gasteiger partial charge in [-0.1, -0.05) is 37.5 Å². The Morgan fingerprint density at radius 1 is 1.15 bits per heavy atom. The van der Waals surface area contributed by atoms with Gasteiger partial charge in [0.25, 0.3) is 0 Å². The number of aliphatic carboxylic acids is 1. The molecule has 4 aliphatic rings. The second-order valence-corrected chi connectivity index (χ2v) is 9.68. The molecule has 2 saturated carbocycles. The van der Waals surface area contributed by atoms with Gasteiger partial charge in [0, 0.05) is 23.2 Å². The summed E-state index contributed by atoms with van der Waals surface area (Å²) < 4.78 is 7.22. The van der Waals surface area contributed by atoms with E-state index in [2.05, 4.69) is 4.57 Å². The van der Waals surface area contributed by atoms with Crippen molar-refractivity contribution < 1.29 is 24.5 Å². The van der Waals surface area contributed by atoms with Crippen LogP contribution in [0.2, 0.25) is 0 Å². The molecule has 0 saturated heterocycles. The highest BCUT2D eigenvalue weighted by Gasteiger charge is 2.51. The topological polar surface area (TPSA) is 88.8 Å². The fraction of sp³-hybridized carbons (Fsp3) is 0.407. The Bertz CT molecular complexity index is 1290. The zero-order valence-electron chi connectivity index (χ0n) is 18.6. The van der Waals surface area contributed by atoms with Crippen LogP contribution < -0.4 is 0 Å². The second kappa shape index (κ2) is 7.37. The van der Waals surface area contributed by atoms with Gasteiger partial charge in [0.2, 0.25) is 0 Å². The minimum Gasteiger partial charge on any atom is -0.507 e. The van der Waals surface area contributed by atoms with Crippen molar-refractivity contribution >= 4 is 29.0 Å². The number of benzene rings is 1. The quantitative estimate of drug-likeness (QED) is 0.642. The molecular weight excluding hydrogens is 418 g/mol. The maximum atomic E-state index is 12.8.